The van der Waals surface area contributed by atoms with Crippen molar-refractivity contribution in [2.24, 2.45) is 0 Å². The number of hydrogen-bond acceptors (Lipinski definition) is 5. The third-order valence-corrected chi connectivity index (χ3v) is 13.3. The number of carbonyl (C=O) groups is 2. The van der Waals surface area contributed by atoms with E-state index < -0.39 is 12.1 Å². The molecule has 0 aliphatic rings. The summed E-state index contributed by atoms with van der Waals surface area (Å²) < 4.78 is 5.48. The van der Waals surface area contributed by atoms with E-state index in [0.29, 0.717) is 25.9 Å². The number of amides is 1. The number of allylic oxidation sites excluding steroid dienone is 4. The van der Waals surface area contributed by atoms with Gasteiger partial charge in [0.2, 0.25) is 5.91 Å². The van der Waals surface area contributed by atoms with E-state index in [4.69, 9.17) is 4.74 Å². The molecule has 0 saturated carbocycles. The molecule has 64 heavy (non-hydrogen) atoms. The molecule has 0 radical (unpaired) electrons. The summed E-state index contributed by atoms with van der Waals surface area (Å²) in [4.78, 5) is 24.6. The largest absolute Gasteiger partial charge is 0.466 e. The van der Waals surface area contributed by atoms with Gasteiger partial charge in [0, 0.05) is 12.8 Å². The second-order valence-corrected chi connectivity index (χ2v) is 19.6. The normalized spacial score (nSPS) is 12.8. The fourth-order valence-corrected chi connectivity index (χ4v) is 8.85. The van der Waals surface area contributed by atoms with Crippen molar-refractivity contribution in [3.63, 3.8) is 0 Å². The summed E-state index contributed by atoms with van der Waals surface area (Å²) in [5.41, 5.74) is 0. The molecule has 2 unspecified atom stereocenters. The summed E-state index contributed by atoms with van der Waals surface area (Å²) in [6.45, 7) is 4.92. The van der Waals surface area contributed by atoms with E-state index in [-0.39, 0.29) is 18.5 Å². The molecule has 3 N–H and O–H groups in total. The monoisotopic (exact) mass is 902 g/mol. The van der Waals surface area contributed by atoms with E-state index >= 15 is 0 Å². The van der Waals surface area contributed by atoms with Gasteiger partial charge in [0.25, 0.3) is 0 Å². The summed E-state index contributed by atoms with van der Waals surface area (Å²) in [6, 6.07) is -0.551. The van der Waals surface area contributed by atoms with Crippen LogP contribution in [-0.2, 0) is 14.3 Å². The highest BCUT2D eigenvalue weighted by molar-refractivity contribution is 5.76. The number of hydrogen-bond donors (Lipinski definition) is 3. The molecule has 0 spiro atoms. The molecule has 0 heterocycles. The van der Waals surface area contributed by atoms with Crippen LogP contribution in [0, 0.1) is 0 Å². The molecule has 0 aromatic rings. The lowest BCUT2D eigenvalue weighted by Gasteiger charge is -2.22. The second-order valence-electron chi connectivity index (χ2n) is 19.6. The highest BCUT2D eigenvalue weighted by Gasteiger charge is 2.20. The number of rotatable bonds is 53. The van der Waals surface area contributed by atoms with E-state index in [1.807, 2.05) is 0 Å². The van der Waals surface area contributed by atoms with Crippen molar-refractivity contribution in [1.82, 2.24) is 5.32 Å². The fraction of sp³-hybridized carbons (Fsp3) is 0.897. The number of unbranched alkanes of at least 4 members (excludes halogenated alkanes) is 38. The Balaban J connectivity index is 3.44. The molecule has 0 aliphatic heterocycles. The SMILES string of the molecule is CCCCCC/C=C\C/C=C\CCCCCCCCCC(=O)OCCCCCCCCCCCCCCCC(=O)NC(CO)C(O)CCCCCCCCCCCCCCCCCC. The first-order valence-electron chi connectivity index (χ1n) is 28.6. The number of carbonyl (C=O) groups excluding carboxylic acids is 2. The lowest BCUT2D eigenvalue weighted by molar-refractivity contribution is -0.143. The molecule has 0 aliphatic carbocycles. The van der Waals surface area contributed by atoms with Gasteiger partial charge in [-0.3, -0.25) is 9.59 Å². The third-order valence-electron chi connectivity index (χ3n) is 13.3. The van der Waals surface area contributed by atoms with Crippen molar-refractivity contribution < 1.29 is 24.5 Å². The Labute approximate surface area is 399 Å². The minimum Gasteiger partial charge on any atom is -0.466 e. The van der Waals surface area contributed by atoms with Crippen LogP contribution in [0.15, 0.2) is 24.3 Å². The zero-order valence-electron chi connectivity index (χ0n) is 43.0. The lowest BCUT2D eigenvalue weighted by atomic mass is 10.0. The van der Waals surface area contributed by atoms with Crippen LogP contribution in [0.2, 0.25) is 0 Å². The van der Waals surface area contributed by atoms with Gasteiger partial charge in [-0.1, -0.05) is 263 Å². The molecule has 0 bridgehead atoms. The van der Waals surface area contributed by atoms with Gasteiger partial charge in [-0.05, 0) is 57.8 Å². The van der Waals surface area contributed by atoms with E-state index in [1.54, 1.807) is 0 Å². The molecule has 6 heteroatoms. The molecular formula is C58H111NO5. The predicted molar refractivity (Wildman–Crippen MR) is 278 cm³/mol. The minimum atomic E-state index is -0.673. The Morgan fingerprint density at radius 2 is 0.781 bits per heavy atom. The van der Waals surface area contributed by atoms with Crippen LogP contribution in [0.5, 0.6) is 0 Å². The van der Waals surface area contributed by atoms with Crippen LogP contribution in [0.3, 0.4) is 0 Å². The van der Waals surface area contributed by atoms with Gasteiger partial charge in [-0.15, -0.1) is 0 Å². The van der Waals surface area contributed by atoms with Crippen LogP contribution < -0.4 is 5.32 Å². The maximum Gasteiger partial charge on any atom is 0.305 e. The molecule has 0 saturated heterocycles. The van der Waals surface area contributed by atoms with Crippen LogP contribution in [0.1, 0.15) is 309 Å². The molecule has 0 aromatic carbocycles. The Kier molecular flexibility index (Phi) is 52.6. The van der Waals surface area contributed by atoms with E-state index in [0.717, 1.165) is 57.8 Å². The summed E-state index contributed by atoms with van der Waals surface area (Å²) >= 11 is 0. The van der Waals surface area contributed by atoms with Gasteiger partial charge >= 0.3 is 5.97 Å². The first kappa shape index (κ1) is 62.3. The van der Waals surface area contributed by atoms with Gasteiger partial charge < -0.3 is 20.3 Å². The van der Waals surface area contributed by atoms with Crippen molar-refractivity contribution in [3.05, 3.63) is 24.3 Å². The molecular weight excluding hydrogens is 791 g/mol. The molecule has 6 nitrogen and oxygen atoms in total. The van der Waals surface area contributed by atoms with Gasteiger partial charge in [0.1, 0.15) is 0 Å². The van der Waals surface area contributed by atoms with E-state index in [2.05, 4.69) is 43.5 Å². The standard InChI is InChI=1S/C58H111NO5/c1-3-5-7-9-11-13-15-17-19-21-22-24-28-32-36-40-44-48-52-58(63)64-53-49-45-41-37-33-29-25-27-31-35-39-43-47-51-57(62)59-55(54-60)56(61)50-46-42-38-34-30-26-23-20-18-16-14-12-10-8-6-4-2/h13,15,19,21,55-56,60-61H,3-12,14,16-18,20,22-54H2,1-2H3,(H,59,62)/b15-13-,21-19-. The Bertz CT molecular complexity index is 997. The van der Waals surface area contributed by atoms with Crippen molar-refractivity contribution in [1.29, 1.82) is 0 Å². The number of esters is 1. The maximum atomic E-state index is 12.5. The maximum absolute atomic E-state index is 12.5. The average molecular weight is 903 g/mol. The van der Waals surface area contributed by atoms with Crippen molar-refractivity contribution in [2.45, 2.75) is 321 Å². The first-order chi connectivity index (χ1) is 31.5. The molecule has 1 amide bonds. The first-order valence-corrected chi connectivity index (χ1v) is 28.6. The Morgan fingerprint density at radius 3 is 1.20 bits per heavy atom. The van der Waals surface area contributed by atoms with Crippen LogP contribution in [0.25, 0.3) is 0 Å². The van der Waals surface area contributed by atoms with Gasteiger partial charge in [-0.2, -0.15) is 0 Å². The van der Waals surface area contributed by atoms with Crippen LogP contribution >= 0.6 is 0 Å². The highest BCUT2D eigenvalue weighted by Crippen LogP contribution is 2.17. The van der Waals surface area contributed by atoms with Crippen molar-refractivity contribution in [2.75, 3.05) is 13.2 Å². The number of ether oxygens (including phenoxy) is 1. The number of aliphatic hydroxyl groups excluding tert-OH is 2. The Morgan fingerprint density at radius 1 is 0.438 bits per heavy atom. The summed E-state index contributed by atoms with van der Waals surface area (Å²) in [7, 11) is 0. The summed E-state index contributed by atoms with van der Waals surface area (Å²) in [6.07, 6.45) is 64.4. The molecule has 0 rings (SSSR count). The summed E-state index contributed by atoms with van der Waals surface area (Å²) in [5.74, 6) is -0.0589. The predicted octanol–water partition coefficient (Wildman–Crippen LogP) is 17.5. The number of nitrogens with one attached hydrogen (secondary N) is 1. The summed E-state index contributed by atoms with van der Waals surface area (Å²) in [5, 5.41) is 23.3. The molecule has 2 atom stereocenters. The number of aliphatic hydroxyl groups is 2. The zero-order valence-corrected chi connectivity index (χ0v) is 43.0. The van der Waals surface area contributed by atoms with E-state index in [9.17, 15) is 19.8 Å². The van der Waals surface area contributed by atoms with E-state index in [1.165, 1.54) is 218 Å². The minimum absolute atomic E-state index is 0.0123. The van der Waals surface area contributed by atoms with Crippen LogP contribution in [0.4, 0.5) is 0 Å². The fourth-order valence-electron chi connectivity index (χ4n) is 8.85. The van der Waals surface area contributed by atoms with Crippen molar-refractivity contribution in [3.8, 4) is 0 Å². The topological polar surface area (TPSA) is 95.9 Å². The smallest absolute Gasteiger partial charge is 0.305 e. The highest BCUT2D eigenvalue weighted by atomic mass is 16.5. The quantitative estimate of drug-likeness (QED) is 0.0321. The lowest BCUT2D eigenvalue weighted by Crippen LogP contribution is -2.45. The second kappa shape index (κ2) is 54.0. The van der Waals surface area contributed by atoms with Crippen molar-refractivity contribution >= 4 is 11.9 Å². The molecule has 0 fully saturated rings. The van der Waals surface area contributed by atoms with Gasteiger partial charge in [-0.25, -0.2) is 0 Å². The third kappa shape index (κ3) is 49.8. The molecule has 378 valence electrons. The Hall–Kier alpha value is -1.66. The van der Waals surface area contributed by atoms with Crippen LogP contribution in [-0.4, -0.2) is 47.4 Å². The van der Waals surface area contributed by atoms with Gasteiger partial charge in [0.05, 0.1) is 25.4 Å². The molecule has 0 aromatic heterocycles. The average Bonchev–Trinajstić information content (AvgIpc) is 3.29. The van der Waals surface area contributed by atoms with Gasteiger partial charge in [0.15, 0.2) is 0 Å². The zero-order chi connectivity index (χ0) is 46.5.